The maximum atomic E-state index is 5.64. The van der Waals surface area contributed by atoms with Gasteiger partial charge in [-0.05, 0) is 65.4 Å². The molecule has 0 radical (unpaired) electrons. The number of hydrogen-bond donors (Lipinski definition) is 0. The van der Waals surface area contributed by atoms with Crippen molar-refractivity contribution in [3.63, 3.8) is 0 Å². The Balaban J connectivity index is 1.50. The molecule has 2 heterocycles. The molecule has 0 N–H and O–H groups in total. The minimum absolute atomic E-state index is 0.0966. The Morgan fingerprint density at radius 2 is 1.40 bits per heavy atom. The predicted molar refractivity (Wildman–Crippen MR) is 181 cm³/mol. The summed E-state index contributed by atoms with van der Waals surface area (Å²) in [5.74, 6) is 0.674. The van der Waals surface area contributed by atoms with E-state index in [4.69, 9.17) is 15.0 Å². The van der Waals surface area contributed by atoms with Crippen LogP contribution in [0.4, 0.5) is 0 Å². The topological polar surface area (TPSA) is 38.1 Å². The van der Waals surface area contributed by atoms with Crippen LogP contribution in [0.15, 0.2) is 103 Å². The Bertz CT molecular complexity index is 1760. The zero-order chi connectivity index (χ0) is 30.8. The van der Waals surface area contributed by atoms with Crippen LogP contribution in [0.5, 0.6) is 0 Å². The molecule has 0 spiro atoms. The van der Waals surface area contributed by atoms with Gasteiger partial charge in [0.15, 0.2) is 5.82 Å². The predicted octanol–water partition coefficient (Wildman–Crippen LogP) is 9.74. The molecule has 2 atom stereocenters. The molecule has 1 aromatic heterocycles. The summed E-state index contributed by atoms with van der Waals surface area (Å²) in [5.41, 5.74) is 10.4. The second-order valence-corrected chi connectivity index (χ2v) is 14.3. The molecule has 43 heavy (non-hydrogen) atoms. The van der Waals surface area contributed by atoms with Gasteiger partial charge in [-0.1, -0.05) is 122 Å². The van der Waals surface area contributed by atoms with Gasteiger partial charge in [0.25, 0.3) is 0 Å². The lowest BCUT2D eigenvalue weighted by molar-refractivity contribution is 0.287. The Morgan fingerprint density at radius 3 is 2.02 bits per heavy atom. The molecule has 1 aliphatic carbocycles. The number of benzene rings is 3. The van der Waals surface area contributed by atoms with Crippen molar-refractivity contribution in [1.29, 1.82) is 0 Å². The van der Waals surface area contributed by atoms with Crippen molar-refractivity contribution < 1.29 is 0 Å². The van der Waals surface area contributed by atoms with E-state index in [9.17, 15) is 0 Å². The number of hydrogen-bond acceptors (Lipinski definition) is 3. The SMILES string of the molecule is C=C(/C=C\C1=NC2(C)c3cc(ccc31)-c1ccccc1C2(CC)c1ccccc1)c1nc(C(C)(C)C)cc(C(C)(C)C)n1. The average molecular weight is 566 g/mol. The van der Waals surface area contributed by atoms with E-state index < -0.39 is 5.54 Å². The van der Waals surface area contributed by atoms with E-state index in [-0.39, 0.29) is 16.2 Å². The first kappa shape index (κ1) is 29.0. The minimum Gasteiger partial charge on any atom is -0.272 e. The van der Waals surface area contributed by atoms with Gasteiger partial charge in [-0.15, -0.1) is 0 Å². The van der Waals surface area contributed by atoms with Crippen LogP contribution < -0.4 is 0 Å². The number of aromatic nitrogens is 2. The highest BCUT2D eigenvalue weighted by Gasteiger charge is 2.55. The van der Waals surface area contributed by atoms with Gasteiger partial charge in [0, 0.05) is 27.4 Å². The van der Waals surface area contributed by atoms with Gasteiger partial charge in [-0.3, -0.25) is 4.99 Å². The van der Waals surface area contributed by atoms with Gasteiger partial charge in [-0.25, -0.2) is 9.97 Å². The molecule has 2 aliphatic rings. The molecule has 3 nitrogen and oxygen atoms in total. The van der Waals surface area contributed by atoms with Crippen molar-refractivity contribution in [1.82, 2.24) is 9.97 Å². The van der Waals surface area contributed by atoms with Crippen LogP contribution in [-0.4, -0.2) is 15.7 Å². The van der Waals surface area contributed by atoms with E-state index in [1.807, 2.05) is 6.08 Å². The van der Waals surface area contributed by atoms with Crippen molar-refractivity contribution in [2.24, 2.45) is 4.99 Å². The standard InChI is InChI=1S/C40H43N3/c1-10-40(28-16-12-11-13-17-28)31-19-15-14-18-29(31)27-21-22-30-32(24-27)39(40,9)43-33(30)23-20-26(2)36-41-34(37(3,4)5)25-35(42-36)38(6,7)8/h11-25H,2,10H2,1,3-9H3/b23-20-. The van der Waals surface area contributed by atoms with Crippen LogP contribution in [0.3, 0.4) is 0 Å². The zero-order valence-electron chi connectivity index (χ0n) is 26.9. The smallest absolute Gasteiger partial charge is 0.159 e. The van der Waals surface area contributed by atoms with Crippen LogP contribution in [0.1, 0.15) is 101 Å². The first-order chi connectivity index (χ1) is 20.3. The highest BCUT2D eigenvalue weighted by atomic mass is 14.9. The third-order valence-electron chi connectivity index (χ3n) is 9.48. The first-order valence-electron chi connectivity index (χ1n) is 15.5. The lowest BCUT2D eigenvalue weighted by atomic mass is 9.59. The third-order valence-corrected chi connectivity index (χ3v) is 9.48. The van der Waals surface area contributed by atoms with E-state index in [1.54, 1.807) is 0 Å². The highest BCUT2D eigenvalue weighted by Crippen LogP contribution is 2.59. The van der Waals surface area contributed by atoms with Gasteiger partial charge in [0.2, 0.25) is 0 Å². The van der Waals surface area contributed by atoms with Gasteiger partial charge in [-0.2, -0.15) is 0 Å². The Morgan fingerprint density at radius 1 is 0.767 bits per heavy atom. The van der Waals surface area contributed by atoms with Crippen LogP contribution >= 0.6 is 0 Å². The molecule has 218 valence electrons. The molecule has 6 rings (SSSR count). The summed E-state index contributed by atoms with van der Waals surface area (Å²) >= 11 is 0. The molecule has 4 aromatic rings. The Hall–Kier alpha value is -4.11. The molecule has 0 fully saturated rings. The second-order valence-electron chi connectivity index (χ2n) is 14.3. The zero-order valence-corrected chi connectivity index (χ0v) is 26.9. The average Bonchev–Trinajstić information content (AvgIpc) is 3.25. The fourth-order valence-corrected chi connectivity index (χ4v) is 7.03. The van der Waals surface area contributed by atoms with Crippen molar-refractivity contribution in [2.45, 2.75) is 83.6 Å². The van der Waals surface area contributed by atoms with Crippen molar-refractivity contribution in [3.05, 3.63) is 137 Å². The summed E-state index contributed by atoms with van der Waals surface area (Å²) in [6.07, 6.45) is 5.08. The molecule has 1 aliphatic heterocycles. The molecule has 3 heteroatoms. The number of aliphatic imine (C=N–C) groups is 1. The van der Waals surface area contributed by atoms with Crippen LogP contribution in [0.2, 0.25) is 0 Å². The Kier molecular flexibility index (Phi) is 6.73. The normalized spacial score (nSPS) is 21.0. The summed E-state index contributed by atoms with van der Waals surface area (Å²) in [7, 11) is 0. The molecule has 3 aromatic carbocycles. The quantitative estimate of drug-likeness (QED) is 0.226. The first-order valence-corrected chi connectivity index (χ1v) is 15.5. The van der Waals surface area contributed by atoms with Crippen molar-refractivity contribution in [2.75, 3.05) is 0 Å². The van der Waals surface area contributed by atoms with Crippen molar-refractivity contribution >= 4 is 11.3 Å². The van der Waals surface area contributed by atoms with E-state index in [1.165, 1.54) is 33.4 Å². The van der Waals surface area contributed by atoms with Gasteiger partial charge in [0.1, 0.15) is 0 Å². The molecule has 2 bridgehead atoms. The largest absolute Gasteiger partial charge is 0.272 e. The molecule has 0 saturated heterocycles. The maximum Gasteiger partial charge on any atom is 0.159 e. The summed E-state index contributed by atoms with van der Waals surface area (Å²) in [6.45, 7) is 22.2. The number of allylic oxidation sites excluding steroid dienone is 3. The van der Waals surface area contributed by atoms with Crippen LogP contribution in [0.25, 0.3) is 16.7 Å². The molecular formula is C40H43N3. The van der Waals surface area contributed by atoms with Gasteiger partial charge >= 0.3 is 0 Å². The summed E-state index contributed by atoms with van der Waals surface area (Å²) < 4.78 is 0. The molecule has 2 unspecified atom stereocenters. The van der Waals surface area contributed by atoms with E-state index in [0.717, 1.165) is 29.1 Å². The molecular weight excluding hydrogens is 522 g/mol. The number of fused-ring (bicyclic) bond motifs is 3. The maximum absolute atomic E-state index is 5.64. The third kappa shape index (κ3) is 4.52. The van der Waals surface area contributed by atoms with Gasteiger partial charge in [0.05, 0.1) is 22.6 Å². The minimum atomic E-state index is -0.496. The Labute approximate surface area is 257 Å². The fourth-order valence-electron chi connectivity index (χ4n) is 7.03. The van der Waals surface area contributed by atoms with Crippen molar-refractivity contribution in [3.8, 4) is 11.1 Å². The number of nitrogens with zero attached hydrogens (tertiary/aromatic N) is 3. The highest BCUT2D eigenvalue weighted by molar-refractivity contribution is 6.13. The van der Waals surface area contributed by atoms with Gasteiger partial charge < -0.3 is 0 Å². The fraction of sp³-hybridized carbons (Fsp3) is 0.325. The second kappa shape index (κ2) is 9.98. The molecule has 0 amide bonds. The van der Waals surface area contributed by atoms with E-state index >= 15 is 0 Å². The van der Waals surface area contributed by atoms with Crippen LogP contribution in [-0.2, 0) is 21.8 Å². The lowest BCUT2D eigenvalue weighted by Crippen LogP contribution is -2.45. The summed E-state index contributed by atoms with van der Waals surface area (Å²) in [4.78, 5) is 15.6. The van der Waals surface area contributed by atoms with E-state index in [2.05, 4.69) is 147 Å². The van der Waals surface area contributed by atoms with E-state index in [0.29, 0.717) is 5.82 Å². The summed E-state index contributed by atoms with van der Waals surface area (Å²) in [6, 6.07) is 28.9. The number of rotatable bonds is 5. The lowest BCUT2D eigenvalue weighted by Gasteiger charge is -2.46. The monoisotopic (exact) mass is 565 g/mol. The molecule has 0 saturated carbocycles. The van der Waals surface area contributed by atoms with Crippen LogP contribution in [0, 0.1) is 0 Å². The summed E-state index contributed by atoms with van der Waals surface area (Å²) in [5, 5.41) is 0.